The van der Waals surface area contributed by atoms with Crippen molar-refractivity contribution in [2.45, 2.75) is 59.3 Å². The Bertz CT molecular complexity index is 3610. The Balaban J connectivity index is 1.15. The summed E-state index contributed by atoms with van der Waals surface area (Å²) in [4.78, 5) is 21.6. The average Bonchev–Trinajstić information content (AvgIpc) is 4.00. The van der Waals surface area contributed by atoms with E-state index in [0.29, 0.717) is 0 Å². The number of anilines is 4. The third-order valence-corrected chi connectivity index (χ3v) is 18.1. The van der Waals surface area contributed by atoms with Gasteiger partial charge in [0.15, 0.2) is 0 Å². The van der Waals surface area contributed by atoms with Crippen LogP contribution in [0.15, 0.2) is 145 Å². The predicted molar refractivity (Wildman–Crippen MR) is 284 cm³/mol. The van der Waals surface area contributed by atoms with Crippen LogP contribution in [0.3, 0.4) is 0 Å². The lowest BCUT2D eigenvalue weighted by molar-refractivity contribution is 0.255. The SMILES string of the molecule is C=Cc1c(/C=C\C)sc2c1B(/C(=C/C)C1=C(C)C(C)(C)c3ccccc31)c1ccc3ccc4c5c3c1N2C(=O)N5c1sc2ccccc2c1B4c1cccc2c1-c1ccccc1C2(C)C. The number of carbonyl (C=O) groups is 1. The number of fused-ring (bicyclic) bond motifs is 10. The van der Waals surface area contributed by atoms with Crippen molar-refractivity contribution in [1.29, 1.82) is 0 Å². The van der Waals surface area contributed by atoms with Crippen LogP contribution in [-0.4, -0.2) is 19.5 Å². The first-order valence-corrected chi connectivity index (χ1v) is 24.5. The molecule has 8 aromatic rings. The van der Waals surface area contributed by atoms with E-state index in [0.717, 1.165) is 53.5 Å². The van der Waals surface area contributed by atoms with Gasteiger partial charge in [-0.3, -0.25) is 9.80 Å². The largest absolute Gasteiger partial charge is 0.339 e. The summed E-state index contributed by atoms with van der Waals surface area (Å²) < 4.78 is 1.19. The zero-order valence-electron chi connectivity index (χ0n) is 37.8. The smallest absolute Gasteiger partial charge is 0.253 e. The minimum absolute atomic E-state index is 0.0249. The van der Waals surface area contributed by atoms with Crippen molar-refractivity contribution in [3.8, 4) is 11.1 Å². The fraction of sp³-hybridized carbons (Fsp3) is 0.155. The number of carbonyl (C=O) groups excluding carboxylic acids is 1. The van der Waals surface area contributed by atoms with Crippen molar-refractivity contribution in [2.75, 3.05) is 9.80 Å². The van der Waals surface area contributed by atoms with Gasteiger partial charge in [0.05, 0.1) is 11.4 Å². The van der Waals surface area contributed by atoms with Crippen LogP contribution in [0.2, 0.25) is 0 Å². The van der Waals surface area contributed by atoms with Crippen molar-refractivity contribution in [3.63, 3.8) is 0 Å². The van der Waals surface area contributed by atoms with E-state index < -0.39 is 0 Å². The number of allylic oxidation sites excluding steroid dienone is 5. The Morgan fingerprint density at radius 1 is 0.677 bits per heavy atom. The summed E-state index contributed by atoms with van der Waals surface area (Å²) >= 11 is 3.47. The lowest BCUT2D eigenvalue weighted by atomic mass is 9.32. The molecule has 3 nitrogen and oxygen atoms in total. The molecule has 6 aromatic carbocycles. The summed E-state index contributed by atoms with van der Waals surface area (Å²) in [6.45, 7) is 20.3. The van der Waals surface area contributed by atoms with Crippen LogP contribution >= 0.6 is 22.7 Å². The minimum Gasteiger partial charge on any atom is -0.253 e. The molecule has 5 aliphatic rings. The summed E-state index contributed by atoms with van der Waals surface area (Å²) in [5.41, 5.74) is 20.8. The fourth-order valence-electron chi connectivity index (χ4n) is 12.7. The lowest BCUT2D eigenvalue weighted by Gasteiger charge is -2.45. The van der Waals surface area contributed by atoms with Crippen molar-refractivity contribution >= 4 is 129 Å². The van der Waals surface area contributed by atoms with E-state index in [4.69, 9.17) is 0 Å². The molecular weight excluding hydrogens is 826 g/mol. The highest BCUT2D eigenvalue weighted by atomic mass is 32.1. The van der Waals surface area contributed by atoms with Gasteiger partial charge in [-0.15, -0.1) is 22.7 Å². The van der Waals surface area contributed by atoms with E-state index >= 15 is 4.79 Å². The van der Waals surface area contributed by atoms with Crippen LogP contribution < -0.4 is 37.1 Å². The molecule has 2 aliphatic carbocycles. The number of urea groups is 1. The predicted octanol–water partition coefficient (Wildman–Crippen LogP) is 12.5. The standard InChI is InChI=1S/C58H46B2N2OS2/c1-9-19-45-34(10-2)50-54(64-45)61-52-43(59(50)41(11-3)47-32(4)57(5,6)38-23-15-12-20-35(38)47)30-28-33-29-31-44-53(48(33)52)62(56(61)63)55-51(37-22-14-17-27-46(37)65-55)60(44)42-26-18-25-40-49(42)36-21-13-16-24-39(36)58(40,7)8/h9-31H,2H2,1,3-8H3/b19-9-,41-11+. The molecule has 0 fully saturated rings. The third kappa shape index (κ3) is 4.75. The van der Waals surface area contributed by atoms with Gasteiger partial charge in [-0.1, -0.05) is 178 Å². The molecule has 0 saturated heterocycles. The molecule has 0 unspecified atom stereocenters. The minimum atomic E-state index is -0.147. The van der Waals surface area contributed by atoms with Gasteiger partial charge in [0.2, 0.25) is 13.4 Å². The van der Waals surface area contributed by atoms with Gasteiger partial charge >= 0.3 is 6.03 Å². The van der Waals surface area contributed by atoms with Crippen LogP contribution in [-0.2, 0) is 10.8 Å². The number of rotatable bonds is 5. The molecule has 3 aliphatic heterocycles. The highest BCUT2D eigenvalue weighted by Gasteiger charge is 2.52. The molecule has 0 bridgehead atoms. The highest BCUT2D eigenvalue weighted by molar-refractivity contribution is 7.27. The second-order valence-corrected chi connectivity index (χ2v) is 21.5. The van der Waals surface area contributed by atoms with Crippen LogP contribution in [0.1, 0.15) is 81.2 Å². The molecule has 0 radical (unpaired) electrons. The van der Waals surface area contributed by atoms with Crippen molar-refractivity contribution in [2.24, 2.45) is 0 Å². The fourth-order valence-corrected chi connectivity index (χ4v) is 15.2. The van der Waals surface area contributed by atoms with Gasteiger partial charge in [0.1, 0.15) is 10.0 Å². The Labute approximate surface area is 389 Å². The number of hydrogen-bond donors (Lipinski definition) is 0. The van der Waals surface area contributed by atoms with Gasteiger partial charge in [0.25, 0.3) is 0 Å². The molecule has 5 heterocycles. The van der Waals surface area contributed by atoms with Crippen LogP contribution in [0, 0.1) is 0 Å². The van der Waals surface area contributed by atoms with E-state index in [1.807, 2.05) is 6.08 Å². The van der Waals surface area contributed by atoms with Crippen LogP contribution in [0.25, 0.3) is 49.7 Å². The first kappa shape index (κ1) is 39.0. The van der Waals surface area contributed by atoms with Gasteiger partial charge in [-0.25, -0.2) is 4.79 Å². The topological polar surface area (TPSA) is 23.6 Å². The molecule has 2 aromatic heterocycles. The second kappa shape index (κ2) is 13.3. The van der Waals surface area contributed by atoms with Gasteiger partial charge < -0.3 is 0 Å². The average molecular weight is 873 g/mol. The third-order valence-electron chi connectivity index (χ3n) is 15.8. The van der Waals surface area contributed by atoms with Crippen LogP contribution in [0.4, 0.5) is 26.2 Å². The molecular formula is C58H46B2N2OS2. The number of hydrogen-bond acceptors (Lipinski definition) is 3. The van der Waals surface area contributed by atoms with Crippen molar-refractivity contribution in [3.05, 3.63) is 178 Å². The molecule has 13 rings (SSSR count). The van der Waals surface area contributed by atoms with E-state index in [1.54, 1.807) is 22.7 Å². The zero-order valence-corrected chi connectivity index (χ0v) is 39.4. The van der Waals surface area contributed by atoms with Gasteiger partial charge in [-0.05, 0) is 110 Å². The lowest BCUT2D eigenvalue weighted by Crippen LogP contribution is -2.62. The molecule has 0 spiro atoms. The molecule has 0 saturated carbocycles. The summed E-state index contributed by atoms with van der Waals surface area (Å²) in [7, 11) is 0. The van der Waals surface area contributed by atoms with Gasteiger partial charge in [-0.2, -0.15) is 0 Å². The van der Waals surface area contributed by atoms with E-state index in [2.05, 4.69) is 198 Å². The first-order valence-electron chi connectivity index (χ1n) is 22.9. The summed E-state index contributed by atoms with van der Waals surface area (Å²) in [5, 5.41) is 5.48. The summed E-state index contributed by atoms with van der Waals surface area (Å²) in [6, 6.07) is 43.0. The van der Waals surface area contributed by atoms with Crippen molar-refractivity contribution in [1.82, 2.24) is 0 Å². The number of nitrogens with zero attached hydrogens (tertiary/aromatic N) is 2. The van der Waals surface area contributed by atoms with Gasteiger partial charge in [0, 0.05) is 25.8 Å². The quantitative estimate of drug-likeness (QED) is 0.158. The second-order valence-electron chi connectivity index (χ2n) is 19.4. The molecule has 0 N–H and O–H groups in total. The number of amides is 2. The van der Waals surface area contributed by atoms with Crippen LogP contribution in [0.5, 0.6) is 0 Å². The maximum Gasteiger partial charge on any atom is 0.339 e. The monoisotopic (exact) mass is 872 g/mol. The number of thiophene rings is 2. The Morgan fingerprint density at radius 3 is 2.06 bits per heavy atom. The maximum absolute atomic E-state index is 16.3. The summed E-state index contributed by atoms with van der Waals surface area (Å²) in [6.07, 6.45) is 8.68. The van der Waals surface area contributed by atoms with E-state index in [-0.39, 0.29) is 30.3 Å². The molecule has 2 amide bonds. The Hall–Kier alpha value is -6.40. The Kier molecular flexibility index (Phi) is 8.01. The molecule has 7 heteroatoms. The normalized spacial score (nSPS) is 17.0. The Morgan fingerprint density at radius 2 is 1.32 bits per heavy atom. The number of benzene rings is 6. The van der Waals surface area contributed by atoms with E-state index in [9.17, 15) is 0 Å². The molecule has 312 valence electrons. The zero-order chi connectivity index (χ0) is 44.4. The highest BCUT2D eigenvalue weighted by Crippen LogP contribution is 2.55. The van der Waals surface area contributed by atoms with Crippen molar-refractivity contribution < 1.29 is 4.79 Å². The first-order chi connectivity index (χ1) is 31.5. The molecule has 0 atom stereocenters. The van der Waals surface area contributed by atoms with E-state index in [1.165, 1.54) is 76.5 Å². The summed E-state index contributed by atoms with van der Waals surface area (Å²) in [5.74, 6) is 0. The maximum atomic E-state index is 16.3. The molecule has 65 heavy (non-hydrogen) atoms.